The summed E-state index contributed by atoms with van der Waals surface area (Å²) in [5, 5.41) is 0.725. The Hall–Kier alpha value is -2.58. The van der Waals surface area contributed by atoms with Crippen molar-refractivity contribution in [2.24, 2.45) is 4.99 Å². The minimum absolute atomic E-state index is 0.199. The molecular formula is C23H27ClN4O3S. The summed E-state index contributed by atoms with van der Waals surface area (Å²) in [6.45, 7) is 3.63. The Kier molecular flexibility index (Phi) is 7.01. The van der Waals surface area contributed by atoms with Crippen LogP contribution in [-0.2, 0) is 14.8 Å². The highest BCUT2D eigenvalue weighted by Crippen LogP contribution is 2.22. The van der Waals surface area contributed by atoms with Crippen LogP contribution in [0.5, 0.6) is 0 Å². The number of halogens is 1. The Morgan fingerprint density at radius 1 is 0.969 bits per heavy atom. The molecule has 32 heavy (non-hydrogen) atoms. The molecule has 0 unspecified atom stereocenters. The number of amides is 1. The van der Waals surface area contributed by atoms with Gasteiger partial charge in [-0.2, -0.15) is 0 Å². The van der Waals surface area contributed by atoms with Crippen molar-refractivity contribution in [3.05, 3.63) is 59.1 Å². The lowest BCUT2D eigenvalue weighted by molar-refractivity contribution is -0.131. The highest BCUT2D eigenvalue weighted by Gasteiger charge is 2.29. The number of piperazine rings is 1. The summed E-state index contributed by atoms with van der Waals surface area (Å²) < 4.78 is 26.7. The van der Waals surface area contributed by atoms with Gasteiger partial charge >= 0.3 is 0 Å². The fourth-order valence-electron chi connectivity index (χ4n) is 4.03. The lowest BCUT2D eigenvalue weighted by Gasteiger charge is -2.36. The Bertz CT molecular complexity index is 1090. The Balaban J connectivity index is 1.16. The third kappa shape index (κ3) is 5.24. The van der Waals surface area contributed by atoms with Crippen LogP contribution in [0.3, 0.4) is 0 Å². The minimum Gasteiger partial charge on any atom is -0.368 e. The van der Waals surface area contributed by atoms with E-state index >= 15 is 0 Å². The van der Waals surface area contributed by atoms with E-state index in [1.807, 2.05) is 29.2 Å². The second-order valence-corrected chi connectivity index (χ2v) is 10.1. The zero-order valence-corrected chi connectivity index (χ0v) is 19.4. The molecule has 0 saturated carbocycles. The summed E-state index contributed by atoms with van der Waals surface area (Å²) >= 11 is 5.95. The fourth-order valence-corrected chi connectivity index (χ4v) is 5.41. The molecule has 2 aromatic rings. The van der Waals surface area contributed by atoms with Gasteiger partial charge in [-0.1, -0.05) is 30.2 Å². The van der Waals surface area contributed by atoms with E-state index in [0.717, 1.165) is 56.2 Å². The molecule has 1 fully saturated rings. The van der Waals surface area contributed by atoms with Crippen LogP contribution in [-0.4, -0.2) is 57.8 Å². The van der Waals surface area contributed by atoms with Crippen molar-refractivity contribution in [3.8, 4) is 0 Å². The molecule has 0 bridgehead atoms. The van der Waals surface area contributed by atoms with Gasteiger partial charge in [-0.3, -0.25) is 14.5 Å². The summed E-state index contributed by atoms with van der Waals surface area (Å²) in [5.41, 5.74) is 1.76. The van der Waals surface area contributed by atoms with Crippen LogP contribution in [0.2, 0.25) is 5.02 Å². The molecule has 9 heteroatoms. The normalized spacial score (nSPS) is 18.5. The van der Waals surface area contributed by atoms with Crippen molar-refractivity contribution < 1.29 is 13.2 Å². The third-order valence-corrected chi connectivity index (χ3v) is 7.45. The molecule has 170 valence electrons. The van der Waals surface area contributed by atoms with Crippen molar-refractivity contribution in [2.75, 3.05) is 37.6 Å². The van der Waals surface area contributed by atoms with Gasteiger partial charge < -0.3 is 9.80 Å². The quantitative estimate of drug-likeness (QED) is 0.624. The molecule has 0 spiro atoms. The molecular weight excluding hydrogens is 448 g/mol. The second-order valence-electron chi connectivity index (χ2n) is 7.99. The van der Waals surface area contributed by atoms with Crippen LogP contribution < -0.4 is 9.62 Å². The molecule has 7 nitrogen and oxygen atoms in total. The molecule has 0 aliphatic carbocycles. The number of hydrogen-bond acceptors (Lipinski definition) is 5. The van der Waals surface area contributed by atoms with Crippen molar-refractivity contribution in [1.29, 1.82) is 0 Å². The molecule has 1 saturated heterocycles. The molecule has 4 rings (SSSR count). The maximum absolute atomic E-state index is 12.5. The number of hydrogen-bond donors (Lipinski definition) is 1. The highest BCUT2D eigenvalue weighted by molar-refractivity contribution is 7.90. The van der Waals surface area contributed by atoms with E-state index in [0.29, 0.717) is 24.4 Å². The maximum Gasteiger partial charge on any atom is 0.263 e. The number of carbonyl (C=O) groups excluding carboxylic acids is 1. The minimum atomic E-state index is -3.49. The van der Waals surface area contributed by atoms with E-state index in [2.05, 4.69) is 14.6 Å². The largest absolute Gasteiger partial charge is 0.368 e. The monoisotopic (exact) mass is 474 g/mol. The van der Waals surface area contributed by atoms with Crippen LogP contribution in [0.4, 0.5) is 5.69 Å². The molecule has 2 aliphatic heterocycles. The number of benzene rings is 2. The number of fused-ring (bicyclic) bond motifs is 1. The summed E-state index contributed by atoms with van der Waals surface area (Å²) in [4.78, 5) is 21.4. The van der Waals surface area contributed by atoms with Crippen molar-refractivity contribution in [1.82, 2.24) is 9.62 Å². The van der Waals surface area contributed by atoms with Gasteiger partial charge in [0.05, 0.1) is 4.90 Å². The average Bonchev–Trinajstić information content (AvgIpc) is 3.07. The van der Waals surface area contributed by atoms with Crippen molar-refractivity contribution in [3.63, 3.8) is 0 Å². The van der Waals surface area contributed by atoms with E-state index in [1.165, 1.54) is 0 Å². The van der Waals surface area contributed by atoms with Crippen LogP contribution in [0.15, 0.2) is 58.4 Å². The van der Waals surface area contributed by atoms with E-state index < -0.39 is 10.0 Å². The van der Waals surface area contributed by atoms with Crippen LogP contribution >= 0.6 is 11.6 Å². The first-order chi connectivity index (χ1) is 15.4. The van der Waals surface area contributed by atoms with Gasteiger partial charge in [0.2, 0.25) is 5.91 Å². The zero-order chi connectivity index (χ0) is 22.6. The standard InChI is InChI=1S/C23H27ClN4O3S/c24-18-9-11-19(12-10-18)27-14-16-28(17-15-27)22(29)8-2-1-5-13-25-23-20-6-3-4-7-21(20)32(30,31)26-23/h3-4,6-7,9-12H,1-2,5,8,13-17H2,(H,25,26). The van der Waals surface area contributed by atoms with Crippen LogP contribution in [0.1, 0.15) is 31.2 Å². The molecule has 0 radical (unpaired) electrons. The summed E-state index contributed by atoms with van der Waals surface area (Å²) in [6, 6.07) is 14.7. The number of rotatable bonds is 7. The first kappa shape index (κ1) is 22.6. The van der Waals surface area contributed by atoms with Gasteiger partial charge in [0.1, 0.15) is 5.84 Å². The topological polar surface area (TPSA) is 82.1 Å². The smallest absolute Gasteiger partial charge is 0.263 e. The number of nitrogens with zero attached hydrogens (tertiary/aromatic N) is 3. The number of aliphatic imine (C=N–C) groups is 1. The lowest BCUT2D eigenvalue weighted by atomic mass is 10.1. The van der Waals surface area contributed by atoms with Gasteiger partial charge in [0.15, 0.2) is 0 Å². The highest BCUT2D eigenvalue weighted by atomic mass is 35.5. The van der Waals surface area contributed by atoms with E-state index in [9.17, 15) is 13.2 Å². The molecule has 2 heterocycles. The number of carbonyl (C=O) groups is 1. The Morgan fingerprint density at radius 2 is 1.69 bits per heavy atom. The summed E-state index contributed by atoms with van der Waals surface area (Å²) in [6.07, 6.45) is 3.03. The lowest BCUT2D eigenvalue weighted by Crippen LogP contribution is -2.48. The van der Waals surface area contributed by atoms with Gasteiger partial charge in [-0.25, -0.2) is 8.42 Å². The second kappa shape index (κ2) is 9.92. The number of unbranched alkanes of at least 4 members (excludes halogenated alkanes) is 2. The average molecular weight is 475 g/mol. The zero-order valence-electron chi connectivity index (χ0n) is 17.8. The number of sulfonamides is 1. The first-order valence-electron chi connectivity index (χ1n) is 10.9. The predicted octanol–water partition coefficient (Wildman–Crippen LogP) is 3.29. The fraction of sp³-hybridized carbons (Fsp3) is 0.391. The van der Waals surface area contributed by atoms with Crippen molar-refractivity contribution in [2.45, 2.75) is 30.6 Å². The van der Waals surface area contributed by atoms with E-state index in [-0.39, 0.29) is 10.8 Å². The van der Waals surface area contributed by atoms with Gasteiger partial charge in [-0.05, 0) is 49.2 Å². The van der Waals surface area contributed by atoms with Crippen LogP contribution in [0, 0.1) is 0 Å². The predicted molar refractivity (Wildman–Crippen MR) is 127 cm³/mol. The first-order valence-corrected chi connectivity index (χ1v) is 12.8. The van der Waals surface area contributed by atoms with Gasteiger partial charge in [0.25, 0.3) is 10.0 Å². The van der Waals surface area contributed by atoms with Crippen molar-refractivity contribution >= 4 is 39.1 Å². The number of anilines is 1. The molecule has 1 N–H and O–H groups in total. The summed E-state index contributed by atoms with van der Waals surface area (Å²) in [5.74, 6) is 0.611. The molecule has 0 aromatic heterocycles. The molecule has 0 atom stereocenters. The number of amidine groups is 1. The molecule has 1 amide bonds. The van der Waals surface area contributed by atoms with Gasteiger partial charge in [0, 0.05) is 55.4 Å². The summed E-state index contributed by atoms with van der Waals surface area (Å²) in [7, 11) is -3.49. The Labute approximate surface area is 194 Å². The van der Waals surface area contributed by atoms with E-state index in [1.54, 1.807) is 24.3 Å². The third-order valence-electron chi connectivity index (χ3n) is 5.81. The maximum atomic E-state index is 12.5. The number of nitrogens with one attached hydrogen (secondary N) is 1. The van der Waals surface area contributed by atoms with Gasteiger partial charge in [-0.15, -0.1) is 0 Å². The van der Waals surface area contributed by atoms with Crippen LogP contribution in [0.25, 0.3) is 0 Å². The Morgan fingerprint density at radius 3 is 2.44 bits per heavy atom. The SMILES string of the molecule is O=C(CCCCCN=C1NS(=O)(=O)c2ccccc21)N1CCN(c2ccc(Cl)cc2)CC1. The molecule has 2 aromatic carbocycles. The molecule has 2 aliphatic rings. The van der Waals surface area contributed by atoms with E-state index in [4.69, 9.17) is 11.6 Å².